The average Bonchev–Trinajstić information content (AvgIpc) is 4.11. The fourth-order valence-corrected chi connectivity index (χ4v) is 12.8. The van der Waals surface area contributed by atoms with E-state index < -0.39 is 47.5 Å². The number of hydrogen-bond donors (Lipinski definition) is 5. The van der Waals surface area contributed by atoms with E-state index in [0.717, 1.165) is 75.0 Å². The zero-order valence-electron chi connectivity index (χ0n) is 42.5. The highest BCUT2D eigenvalue weighted by molar-refractivity contribution is 7.15. The molecule has 9 rings (SSSR count). The SMILES string of the molecule is Cc1ncsc1-c1ccc([C@@H](CO)NC(=O)[C@@H]2C[C@@H](O)CN2C(=O)[C@@H](NC(=O)CC2CCC(O[C@H]3C[C@H](NC(=O)C[C@@H]4N=C(c5ccc(Cl)cc5)c5c(sc(C)c5C)-n5c(C)nnc54)C3)CC2)C(C)(C)C)cc1. The van der Waals surface area contributed by atoms with E-state index in [2.05, 4.69) is 45.0 Å². The number of hydrogen-bond acceptors (Lipinski definition) is 13. The van der Waals surface area contributed by atoms with Gasteiger partial charge in [0, 0.05) is 46.5 Å². The Morgan fingerprint density at radius 3 is 2.23 bits per heavy atom. The first kappa shape index (κ1) is 52.5. The maximum Gasteiger partial charge on any atom is 0.246 e. The van der Waals surface area contributed by atoms with Crippen molar-refractivity contribution in [3.8, 4) is 15.4 Å². The molecule has 0 bridgehead atoms. The maximum atomic E-state index is 14.3. The number of nitrogens with one attached hydrogen (secondary N) is 3. The van der Waals surface area contributed by atoms with Gasteiger partial charge in [-0.05, 0) is 106 Å². The summed E-state index contributed by atoms with van der Waals surface area (Å²) < 4.78 is 8.57. The van der Waals surface area contributed by atoms with Crippen LogP contribution in [0.15, 0.2) is 59.0 Å². The number of aliphatic imine (C=N–C) groups is 1. The van der Waals surface area contributed by atoms with E-state index in [0.29, 0.717) is 29.3 Å². The van der Waals surface area contributed by atoms with Crippen LogP contribution >= 0.6 is 34.3 Å². The predicted molar refractivity (Wildman–Crippen MR) is 282 cm³/mol. The van der Waals surface area contributed by atoms with E-state index in [-0.39, 0.29) is 68.4 Å². The van der Waals surface area contributed by atoms with Gasteiger partial charge in [-0.2, -0.15) is 0 Å². The molecular weight excluding hydrogens is 986 g/mol. The molecular formula is C54H66ClN9O7S2. The Balaban J connectivity index is 0.740. The number of nitrogens with zero attached hydrogens (tertiary/aromatic N) is 6. The Bertz CT molecular complexity index is 2860. The van der Waals surface area contributed by atoms with Gasteiger partial charge in [-0.1, -0.05) is 68.8 Å². The fourth-order valence-electron chi connectivity index (χ4n) is 10.7. The molecule has 16 nitrogen and oxygen atoms in total. The van der Waals surface area contributed by atoms with Gasteiger partial charge in [-0.25, -0.2) is 4.98 Å². The van der Waals surface area contributed by atoms with E-state index >= 15 is 0 Å². The molecule has 388 valence electrons. The molecule has 2 saturated carbocycles. The van der Waals surface area contributed by atoms with Crippen molar-refractivity contribution < 1.29 is 34.1 Å². The molecule has 19 heteroatoms. The lowest BCUT2D eigenvalue weighted by Gasteiger charge is -2.40. The molecule has 5 N–H and O–H groups in total. The normalized spacial score (nSPS) is 23.6. The number of amides is 4. The van der Waals surface area contributed by atoms with Crippen LogP contribution in [0, 0.1) is 39.0 Å². The number of halogens is 1. The minimum Gasteiger partial charge on any atom is -0.394 e. The minimum atomic E-state index is -0.983. The van der Waals surface area contributed by atoms with Crippen molar-refractivity contribution in [3.05, 3.63) is 104 Å². The number of thiophene rings is 1. The standard InChI is InChI=1S/C54H66ClN9O7S2/c1-28-30(3)73-53-46(28)47(34-14-16-36(55)17-15-34)58-41(50-62-61-31(4)64(50)53)24-45(68)57-37-21-40(22-37)71-39-18-8-32(9-19-39)20-44(67)60-49(54(5,6)7)52(70)63-25-38(66)23-43(63)51(69)59-42(26-65)33-10-12-35(13-11-33)48-29(2)56-27-72-48/h10-17,27,32,37-43,49,65-66H,8-9,18-26H2,1-7H3,(H,57,68)(H,59,69)(H,60,67)/t32?,37-,38-,39?,40-,41+,42-,43+,49-/m1/s1. The van der Waals surface area contributed by atoms with Gasteiger partial charge < -0.3 is 35.8 Å². The summed E-state index contributed by atoms with van der Waals surface area (Å²) in [5.41, 5.74) is 7.57. The van der Waals surface area contributed by atoms with Crippen LogP contribution in [0.1, 0.15) is 135 Å². The summed E-state index contributed by atoms with van der Waals surface area (Å²) >= 11 is 9.49. The number of aryl methyl sites for hydroxylation is 3. The number of thiazole rings is 1. The van der Waals surface area contributed by atoms with Gasteiger partial charge in [0.1, 0.15) is 29.0 Å². The highest BCUT2D eigenvalue weighted by atomic mass is 35.5. The maximum absolute atomic E-state index is 14.3. The molecule has 0 radical (unpaired) electrons. The van der Waals surface area contributed by atoms with E-state index in [1.54, 1.807) is 16.8 Å². The molecule has 0 spiro atoms. The third-order valence-electron chi connectivity index (χ3n) is 15.0. The zero-order chi connectivity index (χ0) is 51.9. The largest absolute Gasteiger partial charge is 0.394 e. The van der Waals surface area contributed by atoms with Gasteiger partial charge >= 0.3 is 0 Å². The Hall–Kier alpha value is -5.37. The zero-order valence-corrected chi connectivity index (χ0v) is 44.9. The molecule has 3 aromatic heterocycles. The van der Waals surface area contributed by atoms with Crippen molar-refractivity contribution in [2.75, 3.05) is 13.2 Å². The topological polar surface area (TPSA) is 213 Å². The second-order valence-corrected chi connectivity index (χ2v) is 23.8. The third kappa shape index (κ3) is 11.5. The van der Waals surface area contributed by atoms with Crippen LogP contribution in [0.4, 0.5) is 0 Å². The van der Waals surface area contributed by atoms with Crippen LogP contribution in [0.25, 0.3) is 15.4 Å². The van der Waals surface area contributed by atoms with Gasteiger partial charge in [0.15, 0.2) is 5.82 Å². The molecule has 4 amide bonds. The van der Waals surface area contributed by atoms with E-state index in [1.165, 1.54) is 21.1 Å². The molecule has 5 heterocycles. The number of ether oxygens (including phenoxy) is 1. The monoisotopic (exact) mass is 1050 g/mol. The first-order chi connectivity index (χ1) is 34.8. The van der Waals surface area contributed by atoms with Gasteiger partial charge in [-0.3, -0.25) is 28.7 Å². The Labute approximate surface area is 439 Å². The number of rotatable bonds is 15. The van der Waals surface area contributed by atoms with Crippen molar-refractivity contribution >= 4 is 63.6 Å². The van der Waals surface area contributed by atoms with E-state index in [1.807, 2.05) is 87.7 Å². The molecule has 2 aliphatic carbocycles. The summed E-state index contributed by atoms with van der Waals surface area (Å²) in [5, 5.41) is 40.8. The number of aliphatic hydroxyl groups is 2. The third-order valence-corrected chi connectivity index (χ3v) is 17.4. The molecule has 73 heavy (non-hydrogen) atoms. The number of benzene rings is 2. The molecule has 5 aromatic rings. The van der Waals surface area contributed by atoms with Crippen molar-refractivity contribution in [2.45, 2.75) is 155 Å². The summed E-state index contributed by atoms with van der Waals surface area (Å²) in [7, 11) is 0. The van der Waals surface area contributed by atoms with Crippen LogP contribution in [0.3, 0.4) is 0 Å². The first-order valence-corrected chi connectivity index (χ1v) is 27.4. The van der Waals surface area contributed by atoms with Gasteiger partial charge in [0.25, 0.3) is 0 Å². The number of likely N-dealkylation sites (tertiary alicyclic amines) is 1. The van der Waals surface area contributed by atoms with Gasteiger partial charge in [0.2, 0.25) is 23.6 Å². The number of fused-ring (bicyclic) bond motifs is 3. The molecule has 3 fully saturated rings. The number of carbonyl (C=O) groups excluding carboxylic acids is 4. The Morgan fingerprint density at radius 1 is 0.877 bits per heavy atom. The number of aromatic nitrogens is 4. The van der Waals surface area contributed by atoms with Gasteiger partial charge in [0.05, 0.1) is 59.2 Å². The smallest absolute Gasteiger partial charge is 0.246 e. The van der Waals surface area contributed by atoms with Crippen LogP contribution in [-0.4, -0.2) is 114 Å². The predicted octanol–water partition coefficient (Wildman–Crippen LogP) is 7.58. The lowest BCUT2D eigenvalue weighted by Crippen LogP contribution is -2.58. The number of aliphatic hydroxyl groups excluding tert-OH is 2. The van der Waals surface area contributed by atoms with Crippen LogP contribution < -0.4 is 16.0 Å². The number of carbonyl (C=O) groups is 4. The number of β-amino-alcohol motifs (C(OH)–C–C–N with tert-alkyl or cyclic N) is 1. The second-order valence-electron chi connectivity index (χ2n) is 21.3. The van der Waals surface area contributed by atoms with Crippen molar-refractivity contribution in [1.29, 1.82) is 0 Å². The lowest BCUT2D eigenvalue weighted by molar-refractivity contribution is -0.144. The highest BCUT2D eigenvalue weighted by Crippen LogP contribution is 2.40. The fraction of sp³-hybridized carbons (Fsp3) is 0.519. The summed E-state index contributed by atoms with van der Waals surface area (Å²) in [6, 6.07) is 12.0. The molecule has 5 atom stereocenters. The molecule has 1 saturated heterocycles. The summed E-state index contributed by atoms with van der Waals surface area (Å²) in [5.74, 6) is 0.230. The Morgan fingerprint density at radius 2 is 1.58 bits per heavy atom. The Kier molecular flexibility index (Phi) is 15.7. The summed E-state index contributed by atoms with van der Waals surface area (Å²) in [6.07, 6.45) is 4.22. The lowest BCUT2D eigenvalue weighted by atomic mass is 9.83. The van der Waals surface area contributed by atoms with Crippen LogP contribution in [0.5, 0.6) is 0 Å². The van der Waals surface area contributed by atoms with E-state index in [9.17, 15) is 29.4 Å². The van der Waals surface area contributed by atoms with Crippen LogP contribution in [-0.2, 0) is 23.9 Å². The molecule has 0 unspecified atom stereocenters. The van der Waals surface area contributed by atoms with Crippen molar-refractivity contribution in [3.63, 3.8) is 0 Å². The summed E-state index contributed by atoms with van der Waals surface area (Å²) in [6.45, 7) is 13.3. The minimum absolute atomic E-state index is 0.0128. The highest BCUT2D eigenvalue weighted by Gasteiger charge is 2.45. The van der Waals surface area contributed by atoms with Crippen molar-refractivity contribution in [2.24, 2.45) is 16.3 Å². The van der Waals surface area contributed by atoms with Gasteiger partial charge in [-0.15, -0.1) is 32.9 Å². The first-order valence-electron chi connectivity index (χ1n) is 25.4. The summed E-state index contributed by atoms with van der Waals surface area (Å²) in [4.78, 5) is 68.7. The van der Waals surface area contributed by atoms with Crippen LogP contribution in [0.2, 0.25) is 5.02 Å². The molecule has 2 aromatic carbocycles. The molecule has 2 aliphatic heterocycles. The van der Waals surface area contributed by atoms with Crippen molar-refractivity contribution in [1.82, 2.24) is 40.6 Å². The average molecular weight is 1050 g/mol. The molecule has 4 aliphatic rings. The van der Waals surface area contributed by atoms with E-state index in [4.69, 9.17) is 21.3 Å². The quantitative estimate of drug-likeness (QED) is 0.0694. The second kappa shape index (κ2) is 21.8.